The first-order chi connectivity index (χ1) is 10.7. The van der Waals surface area contributed by atoms with Crippen LogP contribution in [0.3, 0.4) is 0 Å². The van der Waals surface area contributed by atoms with Crippen molar-refractivity contribution in [3.8, 4) is 5.75 Å². The Kier molecular flexibility index (Phi) is 7.79. The molecule has 0 aliphatic carbocycles. The average Bonchev–Trinajstić information content (AvgIpc) is 2.43. The third-order valence-electron chi connectivity index (χ3n) is 3.89. The average molecular weight is 342 g/mol. The Labute approximate surface area is 141 Å². The zero-order chi connectivity index (χ0) is 17.5. The zero-order valence-corrected chi connectivity index (χ0v) is 16.2. The van der Waals surface area contributed by atoms with Gasteiger partial charge in [-0.05, 0) is 24.5 Å². The van der Waals surface area contributed by atoms with Gasteiger partial charge in [0.25, 0.3) is 0 Å². The first kappa shape index (κ1) is 20.2. The van der Waals surface area contributed by atoms with Crippen LogP contribution >= 0.6 is 7.60 Å². The van der Waals surface area contributed by atoms with Crippen molar-refractivity contribution in [2.45, 2.75) is 46.1 Å². The van der Waals surface area contributed by atoms with E-state index in [9.17, 15) is 9.46 Å². The predicted octanol–water partition coefficient (Wildman–Crippen LogP) is 4.67. The maximum absolute atomic E-state index is 12.6. The Balaban J connectivity index is 2.82. The van der Waals surface area contributed by atoms with Crippen LogP contribution in [0.15, 0.2) is 24.3 Å². The van der Waals surface area contributed by atoms with Crippen LogP contribution < -0.4 is 4.52 Å². The Morgan fingerprint density at radius 3 is 2.43 bits per heavy atom. The lowest BCUT2D eigenvalue weighted by molar-refractivity contribution is -0.884. The summed E-state index contributed by atoms with van der Waals surface area (Å²) in [5.74, 6) is 0.785. The first-order valence-electron chi connectivity index (χ1n) is 8.56. The summed E-state index contributed by atoms with van der Waals surface area (Å²) in [5.41, 5.74) is 0.968. The van der Waals surface area contributed by atoms with E-state index in [1.54, 1.807) is 6.07 Å². The number of hydrogen-bond acceptors (Lipinski definition) is 2. The molecular weight excluding hydrogens is 309 g/mol. The lowest BCUT2D eigenvalue weighted by Gasteiger charge is -2.26. The maximum atomic E-state index is 12.6. The molecule has 5 heteroatoms. The molecule has 0 saturated heterocycles. The van der Waals surface area contributed by atoms with E-state index >= 15 is 0 Å². The standard InChI is InChI=1S/C18H32NO3P/c1-6-8-11-16(7-2)15-23(20,21)22-18-13-10-9-12-17(18)14-19(3,4)5/h9-10,12-13,16H,6-8,11,14-15H2,1-5H3/p+1. The summed E-state index contributed by atoms with van der Waals surface area (Å²) in [7, 11) is 2.64. The van der Waals surface area contributed by atoms with Crippen LogP contribution in [0.5, 0.6) is 5.75 Å². The molecule has 0 spiro atoms. The quantitative estimate of drug-likeness (QED) is 0.496. The number of benzene rings is 1. The van der Waals surface area contributed by atoms with Crippen molar-refractivity contribution in [2.24, 2.45) is 5.92 Å². The molecule has 0 bridgehead atoms. The highest BCUT2D eigenvalue weighted by Gasteiger charge is 2.27. The van der Waals surface area contributed by atoms with E-state index in [2.05, 4.69) is 35.0 Å². The number of hydrogen-bond donors (Lipinski definition) is 1. The normalized spacial score (nSPS) is 15.9. The van der Waals surface area contributed by atoms with Crippen LogP contribution in [-0.4, -0.2) is 36.7 Å². The summed E-state index contributed by atoms with van der Waals surface area (Å²) >= 11 is 0. The van der Waals surface area contributed by atoms with Gasteiger partial charge in [-0.2, -0.15) is 0 Å². The molecule has 2 unspecified atom stereocenters. The molecule has 1 aromatic carbocycles. The van der Waals surface area contributed by atoms with Crippen molar-refractivity contribution in [1.29, 1.82) is 0 Å². The van der Waals surface area contributed by atoms with E-state index in [1.165, 1.54) is 0 Å². The molecule has 0 saturated carbocycles. The lowest BCUT2D eigenvalue weighted by Crippen LogP contribution is -2.33. The molecule has 0 amide bonds. The molecule has 1 aromatic rings. The second-order valence-corrected chi connectivity index (χ2v) is 9.21. The van der Waals surface area contributed by atoms with Gasteiger partial charge >= 0.3 is 7.60 Å². The molecule has 2 atom stereocenters. The van der Waals surface area contributed by atoms with Crippen LogP contribution in [0, 0.1) is 5.92 Å². The van der Waals surface area contributed by atoms with Crippen molar-refractivity contribution >= 4 is 7.60 Å². The molecule has 0 heterocycles. The van der Waals surface area contributed by atoms with Gasteiger partial charge < -0.3 is 13.9 Å². The summed E-state index contributed by atoms with van der Waals surface area (Å²) in [6, 6.07) is 7.55. The van der Waals surface area contributed by atoms with Gasteiger partial charge in [-0.1, -0.05) is 45.2 Å². The van der Waals surface area contributed by atoms with E-state index in [4.69, 9.17) is 4.52 Å². The first-order valence-corrected chi connectivity index (χ1v) is 10.3. The predicted molar refractivity (Wildman–Crippen MR) is 96.8 cm³/mol. The number of unbranched alkanes of at least 4 members (excludes halogenated alkanes) is 1. The highest BCUT2D eigenvalue weighted by molar-refractivity contribution is 7.53. The van der Waals surface area contributed by atoms with Gasteiger partial charge in [0.2, 0.25) is 0 Å². The molecule has 23 heavy (non-hydrogen) atoms. The highest BCUT2D eigenvalue weighted by atomic mass is 31.2. The van der Waals surface area contributed by atoms with Gasteiger partial charge in [0.1, 0.15) is 12.3 Å². The number of quaternary nitrogens is 1. The smallest absolute Gasteiger partial charge is 0.376 e. The second kappa shape index (κ2) is 8.86. The summed E-state index contributed by atoms with van der Waals surface area (Å²) in [4.78, 5) is 10.3. The molecule has 0 fully saturated rings. The monoisotopic (exact) mass is 342 g/mol. The van der Waals surface area contributed by atoms with Gasteiger partial charge in [0.15, 0.2) is 0 Å². The van der Waals surface area contributed by atoms with Crippen LogP contribution in [-0.2, 0) is 11.1 Å². The largest absolute Gasteiger partial charge is 0.424 e. The molecule has 0 aliphatic rings. The van der Waals surface area contributed by atoms with Crippen LogP contribution in [0.4, 0.5) is 0 Å². The third-order valence-corrected chi connectivity index (χ3v) is 5.35. The number of rotatable bonds is 10. The van der Waals surface area contributed by atoms with E-state index < -0.39 is 7.60 Å². The zero-order valence-electron chi connectivity index (χ0n) is 15.3. The van der Waals surface area contributed by atoms with Crippen molar-refractivity contribution in [3.63, 3.8) is 0 Å². The molecule has 132 valence electrons. The fourth-order valence-corrected chi connectivity index (χ4v) is 4.32. The molecule has 4 nitrogen and oxygen atoms in total. The van der Waals surface area contributed by atoms with E-state index in [1.807, 2.05) is 18.2 Å². The van der Waals surface area contributed by atoms with Crippen molar-refractivity contribution < 1.29 is 18.5 Å². The lowest BCUT2D eigenvalue weighted by atomic mass is 10.0. The van der Waals surface area contributed by atoms with E-state index in [0.29, 0.717) is 5.75 Å². The van der Waals surface area contributed by atoms with Crippen LogP contribution in [0.2, 0.25) is 0 Å². The van der Waals surface area contributed by atoms with Gasteiger partial charge in [0.05, 0.1) is 27.3 Å². The van der Waals surface area contributed by atoms with E-state index in [0.717, 1.165) is 42.3 Å². The van der Waals surface area contributed by atoms with Crippen molar-refractivity contribution in [1.82, 2.24) is 0 Å². The van der Waals surface area contributed by atoms with Gasteiger partial charge in [-0.15, -0.1) is 0 Å². The minimum Gasteiger partial charge on any atom is -0.424 e. The summed E-state index contributed by atoms with van der Waals surface area (Å²) < 4.78 is 18.9. The van der Waals surface area contributed by atoms with Crippen LogP contribution in [0.25, 0.3) is 0 Å². The minimum atomic E-state index is -3.63. The Morgan fingerprint density at radius 2 is 1.87 bits per heavy atom. The SMILES string of the molecule is CCCCC(CC)CP(=O)(O)Oc1ccccc1C[N+](C)(C)C. The Hall–Kier alpha value is -0.830. The topological polar surface area (TPSA) is 46.5 Å². The summed E-state index contributed by atoms with van der Waals surface area (Å²) in [6.07, 6.45) is 4.34. The fraction of sp³-hybridized carbons (Fsp3) is 0.667. The molecular formula is C18H33NO3P+. The Morgan fingerprint density at radius 1 is 1.22 bits per heavy atom. The van der Waals surface area contributed by atoms with Gasteiger partial charge in [-0.3, -0.25) is 0 Å². The highest BCUT2D eigenvalue weighted by Crippen LogP contribution is 2.46. The minimum absolute atomic E-state index is 0.238. The van der Waals surface area contributed by atoms with Gasteiger partial charge in [0, 0.05) is 5.56 Å². The summed E-state index contributed by atoms with van der Waals surface area (Å²) in [5, 5.41) is 0. The maximum Gasteiger partial charge on any atom is 0.376 e. The van der Waals surface area contributed by atoms with Gasteiger partial charge in [-0.25, -0.2) is 4.57 Å². The Bertz CT molecular complexity index is 525. The number of para-hydroxylation sites is 1. The molecule has 0 radical (unpaired) electrons. The summed E-state index contributed by atoms with van der Waals surface area (Å²) in [6.45, 7) is 4.97. The molecule has 0 aliphatic heterocycles. The third kappa shape index (κ3) is 8.01. The molecule has 0 aromatic heterocycles. The van der Waals surface area contributed by atoms with Crippen molar-refractivity contribution in [2.75, 3.05) is 27.3 Å². The number of nitrogens with zero attached hydrogens (tertiary/aromatic N) is 1. The van der Waals surface area contributed by atoms with Crippen LogP contribution in [0.1, 0.15) is 45.1 Å². The molecule has 1 N–H and O–H groups in total. The molecule has 1 rings (SSSR count). The van der Waals surface area contributed by atoms with Crippen molar-refractivity contribution in [3.05, 3.63) is 29.8 Å². The van der Waals surface area contributed by atoms with E-state index in [-0.39, 0.29) is 12.1 Å². The fourth-order valence-electron chi connectivity index (χ4n) is 2.67. The second-order valence-electron chi connectivity index (χ2n) is 7.38.